The van der Waals surface area contributed by atoms with Gasteiger partial charge in [0.2, 0.25) is 15.9 Å². The lowest BCUT2D eigenvalue weighted by Gasteiger charge is -2.25. The number of halogens is 1. The van der Waals surface area contributed by atoms with Gasteiger partial charge in [0.15, 0.2) is 0 Å². The molecule has 0 heterocycles. The zero-order valence-corrected chi connectivity index (χ0v) is 15.2. The van der Waals surface area contributed by atoms with Crippen molar-refractivity contribution in [1.82, 2.24) is 5.32 Å². The Kier molecular flexibility index (Phi) is 5.87. The maximum atomic E-state index is 12.0. The van der Waals surface area contributed by atoms with Gasteiger partial charge < -0.3 is 5.32 Å². The first kappa shape index (κ1) is 18.8. The minimum absolute atomic E-state index is 0.0714. The van der Waals surface area contributed by atoms with E-state index in [1.807, 2.05) is 20.8 Å². The molecule has 22 heavy (non-hydrogen) atoms. The van der Waals surface area contributed by atoms with Crippen LogP contribution in [0.15, 0.2) is 18.2 Å². The van der Waals surface area contributed by atoms with Crippen LogP contribution in [0.25, 0.3) is 0 Å². The lowest BCUT2D eigenvalue weighted by Crippen LogP contribution is -2.42. The molecule has 0 unspecified atom stereocenters. The van der Waals surface area contributed by atoms with E-state index in [4.69, 9.17) is 11.6 Å². The van der Waals surface area contributed by atoms with Gasteiger partial charge in [0.05, 0.1) is 11.9 Å². The van der Waals surface area contributed by atoms with Crippen molar-refractivity contribution in [3.8, 4) is 0 Å². The first-order valence-corrected chi connectivity index (χ1v) is 9.17. The summed E-state index contributed by atoms with van der Waals surface area (Å²) in [7, 11) is -3.50. The molecule has 0 saturated heterocycles. The predicted octanol–water partition coefficient (Wildman–Crippen LogP) is 2.72. The van der Waals surface area contributed by atoms with Crippen LogP contribution in [0.1, 0.15) is 32.8 Å². The number of sulfonamides is 1. The van der Waals surface area contributed by atoms with Crippen molar-refractivity contribution in [3.63, 3.8) is 0 Å². The number of carbonyl (C=O) groups excluding carboxylic acids is 1. The second kappa shape index (κ2) is 6.87. The smallest absolute Gasteiger partial charge is 0.232 e. The number of rotatable bonds is 5. The molecule has 1 amide bonds. The van der Waals surface area contributed by atoms with Crippen LogP contribution in [0.5, 0.6) is 0 Å². The fraction of sp³-hybridized carbons (Fsp3) is 0.533. The Balaban J connectivity index is 2.97. The predicted molar refractivity (Wildman–Crippen MR) is 90.9 cm³/mol. The van der Waals surface area contributed by atoms with Crippen LogP contribution in [0.2, 0.25) is 5.02 Å². The molecule has 0 aliphatic rings. The zero-order chi connectivity index (χ0) is 17.1. The van der Waals surface area contributed by atoms with E-state index >= 15 is 0 Å². The monoisotopic (exact) mass is 346 g/mol. The Morgan fingerprint density at radius 1 is 1.32 bits per heavy atom. The summed E-state index contributed by atoms with van der Waals surface area (Å²) in [5.41, 5.74) is 0.934. The summed E-state index contributed by atoms with van der Waals surface area (Å²) < 4.78 is 25.3. The molecule has 0 aliphatic carbocycles. The highest BCUT2D eigenvalue weighted by atomic mass is 35.5. The summed E-state index contributed by atoms with van der Waals surface area (Å²) in [6, 6.07) is 5.05. The van der Waals surface area contributed by atoms with Gasteiger partial charge in [-0.25, -0.2) is 8.42 Å². The fourth-order valence-corrected chi connectivity index (χ4v) is 3.14. The van der Waals surface area contributed by atoms with E-state index in [1.165, 1.54) is 4.31 Å². The molecule has 0 spiro atoms. The third-order valence-corrected chi connectivity index (χ3v) is 4.31. The zero-order valence-electron chi connectivity index (χ0n) is 13.6. The minimum Gasteiger partial charge on any atom is -0.351 e. The third-order valence-electron chi connectivity index (χ3n) is 2.90. The average molecular weight is 347 g/mol. The highest BCUT2D eigenvalue weighted by Gasteiger charge is 2.22. The summed E-state index contributed by atoms with van der Waals surface area (Å²) in [4.78, 5) is 11.9. The van der Waals surface area contributed by atoms with Crippen LogP contribution in [-0.4, -0.2) is 32.7 Å². The molecule has 124 valence electrons. The van der Waals surface area contributed by atoms with Crippen molar-refractivity contribution in [2.75, 3.05) is 17.1 Å². The normalized spacial score (nSPS) is 12.1. The molecule has 0 radical (unpaired) electrons. The number of nitrogens with one attached hydrogen (secondary N) is 1. The van der Waals surface area contributed by atoms with Crippen LogP contribution in [0.3, 0.4) is 0 Å². The van der Waals surface area contributed by atoms with Crippen molar-refractivity contribution in [3.05, 3.63) is 28.8 Å². The van der Waals surface area contributed by atoms with Gasteiger partial charge in [0.25, 0.3) is 0 Å². The molecule has 0 atom stereocenters. The SMILES string of the molecule is Cc1ccc(Cl)cc1N(CCC(=O)NC(C)(C)C)S(C)(=O)=O. The summed E-state index contributed by atoms with van der Waals surface area (Å²) in [5, 5.41) is 3.27. The van der Waals surface area contributed by atoms with Gasteiger partial charge >= 0.3 is 0 Å². The number of hydrogen-bond donors (Lipinski definition) is 1. The van der Waals surface area contributed by atoms with E-state index in [0.29, 0.717) is 10.7 Å². The molecule has 0 fully saturated rings. The van der Waals surface area contributed by atoms with E-state index in [0.717, 1.165) is 11.8 Å². The van der Waals surface area contributed by atoms with Crippen molar-refractivity contribution in [2.24, 2.45) is 0 Å². The molecular formula is C15H23ClN2O3S. The summed E-state index contributed by atoms with van der Waals surface area (Å²) in [5.74, 6) is -0.194. The molecule has 1 rings (SSSR count). The molecule has 0 aliphatic heterocycles. The molecule has 0 bridgehead atoms. The molecule has 0 saturated carbocycles. The molecular weight excluding hydrogens is 324 g/mol. The lowest BCUT2D eigenvalue weighted by atomic mass is 10.1. The Morgan fingerprint density at radius 3 is 2.41 bits per heavy atom. The van der Waals surface area contributed by atoms with Gasteiger partial charge in [-0.3, -0.25) is 9.10 Å². The second-order valence-electron chi connectivity index (χ2n) is 6.31. The molecule has 1 aromatic carbocycles. The van der Waals surface area contributed by atoms with Crippen LogP contribution in [0.4, 0.5) is 5.69 Å². The van der Waals surface area contributed by atoms with Crippen molar-refractivity contribution in [2.45, 2.75) is 39.7 Å². The van der Waals surface area contributed by atoms with E-state index in [2.05, 4.69) is 5.32 Å². The fourth-order valence-electron chi connectivity index (χ4n) is 2.00. The van der Waals surface area contributed by atoms with Gasteiger partial charge in [-0.05, 0) is 45.4 Å². The van der Waals surface area contributed by atoms with Gasteiger partial charge in [0, 0.05) is 23.5 Å². The third kappa shape index (κ3) is 5.85. The quantitative estimate of drug-likeness (QED) is 0.891. The highest BCUT2D eigenvalue weighted by Crippen LogP contribution is 2.26. The van der Waals surface area contributed by atoms with Gasteiger partial charge in [-0.15, -0.1) is 0 Å². The average Bonchev–Trinajstić information content (AvgIpc) is 2.29. The van der Waals surface area contributed by atoms with Crippen LogP contribution >= 0.6 is 11.6 Å². The summed E-state index contributed by atoms with van der Waals surface area (Å²) in [6.45, 7) is 7.50. The first-order chi connectivity index (χ1) is 9.90. The maximum absolute atomic E-state index is 12.0. The highest BCUT2D eigenvalue weighted by molar-refractivity contribution is 7.92. The van der Waals surface area contributed by atoms with Gasteiger partial charge in [-0.1, -0.05) is 17.7 Å². The summed E-state index contributed by atoms with van der Waals surface area (Å²) in [6.07, 6.45) is 1.20. The van der Waals surface area contributed by atoms with Gasteiger partial charge in [-0.2, -0.15) is 0 Å². The van der Waals surface area contributed by atoms with Crippen LogP contribution in [0, 0.1) is 6.92 Å². The number of nitrogens with zero attached hydrogens (tertiary/aromatic N) is 1. The number of benzene rings is 1. The first-order valence-electron chi connectivity index (χ1n) is 6.95. The van der Waals surface area contributed by atoms with Gasteiger partial charge in [0.1, 0.15) is 0 Å². The number of amides is 1. The number of carbonyl (C=O) groups is 1. The van der Waals surface area contributed by atoms with Crippen molar-refractivity contribution in [1.29, 1.82) is 0 Å². The molecule has 0 aromatic heterocycles. The Hall–Kier alpha value is -1.27. The maximum Gasteiger partial charge on any atom is 0.232 e. The van der Waals surface area contributed by atoms with E-state index in [-0.39, 0.29) is 24.4 Å². The molecule has 5 nitrogen and oxygen atoms in total. The largest absolute Gasteiger partial charge is 0.351 e. The van der Waals surface area contributed by atoms with E-state index in [9.17, 15) is 13.2 Å². The molecule has 1 N–H and O–H groups in total. The molecule has 1 aromatic rings. The number of anilines is 1. The minimum atomic E-state index is -3.50. The molecule has 7 heteroatoms. The number of hydrogen-bond acceptors (Lipinski definition) is 3. The Labute approximate surface area is 137 Å². The lowest BCUT2D eigenvalue weighted by molar-refractivity contribution is -0.122. The summed E-state index contributed by atoms with van der Waals surface area (Å²) >= 11 is 5.96. The van der Waals surface area contributed by atoms with Crippen molar-refractivity contribution >= 4 is 33.2 Å². The number of aryl methyl sites for hydroxylation is 1. The second-order valence-corrected chi connectivity index (χ2v) is 8.66. The van der Waals surface area contributed by atoms with Crippen LogP contribution in [-0.2, 0) is 14.8 Å². The Bertz CT molecular complexity index is 651. The van der Waals surface area contributed by atoms with Crippen LogP contribution < -0.4 is 9.62 Å². The standard InChI is InChI=1S/C15H23ClN2O3S/c1-11-6-7-12(16)10-13(11)18(22(5,20)21)9-8-14(19)17-15(2,3)4/h6-7,10H,8-9H2,1-5H3,(H,17,19). The van der Waals surface area contributed by atoms with Crippen molar-refractivity contribution < 1.29 is 13.2 Å². The van der Waals surface area contributed by atoms with E-state index in [1.54, 1.807) is 25.1 Å². The Morgan fingerprint density at radius 2 is 1.91 bits per heavy atom. The topological polar surface area (TPSA) is 66.5 Å². The van der Waals surface area contributed by atoms with E-state index < -0.39 is 10.0 Å².